The number of hydrogen-bond donors (Lipinski definition) is 1. The molecular weight excluding hydrogens is 176 g/mol. The first-order valence-corrected chi connectivity index (χ1v) is 5.66. The number of carbonyl (C=O) groups excluding carboxylic acids is 1. The number of carbonyl (C=O) groups is 1. The third-order valence-corrected chi connectivity index (χ3v) is 3.28. The zero-order chi connectivity index (χ0) is 10.6. The normalized spacial score (nSPS) is 19.4. The minimum Gasteiger partial charge on any atom is -0.335 e. The molecule has 1 N–H and O–H groups in total. The van der Waals surface area contributed by atoms with Crippen LogP contribution in [-0.2, 0) is 0 Å². The predicted octanol–water partition coefficient (Wildman–Crippen LogP) is 2.23. The largest absolute Gasteiger partial charge is 0.335 e. The first-order chi connectivity index (χ1) is 6.65. The second-order valence-corrected chi connectivity index (χ2v) is 4.30. The molecule has 2 amide bonds. The Hall–Kier alpha value is -0.730. The summed E-state index contributed by atoms with van der Waals surface area (Å²) in [7, 11) is 1.83. The number of urea groups is 1. The van der Waals surface area contributed by atoms with Gasteiger partial charge in [-0.2, -0.15) is 0 Å². The van der Waals surface area contributed by atoms with Crippen LogP contribution in [0.2, 0.25) is 0 Å². The van der Waals surface area contributed by atoms with Crippen molar-refractivity contribution in [2.24, 2.45) is 5.92 Å². The van der Waals surface area contributed by atoms with Gasteiger partial charge in [0.25, 0.3) is 0 Å². The minimum atomic E-state index is 0.0619. The second kappa shape index (κ2) is 5.23. The molecule has 0 aliphatic heterocycles. The molecule has 1 unspecified atom stereocenters. The Balaban J connectivity index is 2.31. The molecule has 0 aromatic rings. The van der Waals surface area contributed by atoms with Crippen LogP contribution in [0.1, 0.15) is 39.5 Å². The lowest BCUT2D eigenvalue weighted by molar-refractivity contribution is 0.203. The molecule has 1 atom stereocenters. The van der Waals surface area contributed by atoms with Gasteiger partial charge in [0.05, 0.1) is 0 Å². The summed E-state index contributed by atoms with van der Waals surface area (Å²) in [5.41, 5.74) is 0. The van der Waals surface area contributed by atoms with Crippen LogP contribution >= 0.6 is 0 Å². The summed E-state index contributed by atoms with van der Waals surface area (Å²) in [5, 5.41) is 3.06. The van der Waals surface area contributed by atoms with E-state index in [9.17, 15) is 4.79 Å². The van der Waals surface area contributed by atoms with E-state index < -0.39 is 0 Å². The van der Waals surface area contributed by atoms with Crippen molar-refractivity contribution in [2.75, 3.05) is 13.6 Å². The van der Waals surface area contributed by atoms with Gasteiger partial charge in [0, 0.05) is 19.6 Å². The molecule has 1 fully saturated rings. The monoisotopic (exact) mass is 198 g/mol. The van der Waals surface area contributed by atoms with E-state index in [0.29, 0.717) is 12.0 Å². The molecule has 82 valence electrons. The van der Waals surface area contributed by atoms with E-state index in [2.05, 4.69) is 12.2 Å². The third kappa shape index (κ3) is 2.89. The maximum atomic E-state index is 11.6. The average Bonchev–Trinajstić information content (AvgIpc) is 2.69. The lowest BCUT2D eigenvalue weighted by atomic mass is 10.0. The summed E-state index contributed by atoms with van der Waals surface area (Å²) in [6, 6.07) is 0.394. The van der Waals surface area contributed by atoms with Crippen LogP contribution in [0, 0.1) is 5.92 Å². The Bertz CT molecular complexity index is 188. The van der Waals surface area contributed by atoms with Crippen LogP contribution in [-0.4, -0.2) is 30.6 Å². The number of rotatable bonds is 3. The van der Waals surface area contributed by atoms with Crippen molar-refractivity contribution >= 4 is 6.03 Å². The number of nitrogens with one attached hydrogen (secondary N) is 1. The summed E-state index contributed by atoms with van der Waals surface area (Å²) >= 11 is 0. The molecule has 3 heteroatoms. The molecule has 1 aliphatic carbocycles. The van der Waals surface area contributed by atoms with Gasteiger partial charge in [0.1, 0.15) is 0 Å². The molecule has 0 radical (unpaired) electrons. The molecule has 3 nitrogen and oxygen atoms in total. The molecule has 0 heterocycles. The first kappa shape index (κ1) is 11.3. The molecule has 0 spiro atoms. The SMILES string of the molecule is CCN(C)C(=O)NC(C)C1CCCC1. The van der Waals surface area contributed by atoms with Gasteiger partial charge in [-0.25, -0.2) is 4.79 Å². The van der Waals surface area contributed by atoms with Crippen molar-refractivity contribution in [3.8, 4) is 0 Å². The summed E-state index contributed by atoms with van der Waals surface area (Å²) in [4.78, 5) is 13.3. The fraction of sp³-hybridized carbons (Fsp3) is 0.909. The van der Waals surface area contributed by atoms with E-state index in [1.165, 1.54) is 25.7 Å². The van der Waals surface area contributed by atoms with Crippen molar-refractivity contribution < 1.29 is 4.79 Å². The second-order valence-electron chi connectivity index (χ2n) is 4.30. The third-order valence-electron chi connectivity index (χ3n) is 3.28. The van der Waals surface area contributed by atoms with Crippen molar-refractivity contribution in [2.45, 2.75) is 45.6 Å². The van der Waals surface area contributed by atoms with Crippen molar-refractivity contribution in [1.82, 2.24) is 10.2 Å². The zero-order valence-electron chi connectivity index (χ0n) is 9.55. The van der Waals surface area contributed by atoms with Crippen molar-refractivity contribution in [3.05, 3.63) is 0 Å². The Morgan fingerprint density at radius 1 is 1.50 bits per heavy atom. The van der Waals surface area contributed by atoms with Gasteiger partial charge < -0.3 is 10.2 Å². The van der Waals surface area contributed by atoms with Gasteiger partial charge in [-0.05, 0) is 32.6 Å². The summed E-state index contributed by atoms with van der Waals surface area (Å²) in [5.74, 6) is 0.698. The van der Waals surface area contributed by atoms with Crippen LogP contribution in [0.25, 0.3) is 0 Å². The smallest absolute Gasteiger partial charge is 0.317 e. The van der Waals surface area contributed by atoms with Crippen LogP contribution in [0.15, 0.2) is 0 Å². The molecule has 1 aliphatic rings. The van der Waals surface area contributed by atoms with Crippen molar-refractivity contribution in [3.63, 3.8) is 0 Å². The summed E-state index contributed by atoms with van der Waals surface area (Å²) in [6.45, 7) is 4.88. The van der Waals surface area contributed by atoms with Gasteiger partial charge in [-0.1, -0.05) is 12.8 Å². The number of nitrogens with zero attached hydrogens (tertiary/aromatic N) is 1. The van der Waals surface area contributed by atoms with Crippen molar-refractivity contribution in [1.29, 1.82) is 0 Å². The fourth-order valence-corrected chi connectivity index (χ4v) is 2.02. The molecule has 0 aromatic heterocycles. The average molecular weight is 198 g/mol. The molecular formula is C11H22N2O. The van der Waals surface area contributed by atoms with Gasteiger partial charge in [-0.15, -0.1) is 0 Å². The van der Waals surface area contributed by atoms with Gasteiger partial charge >= 0.3 is 6.03 Å². The maximum absolute atomic E-state index is 11.6. The van der Waals surface area contributed by atoms with Gasteiger partial charge in [0.2, 0.25) is 0 Å². The molecule has 0 aromatic carbocycles. The van der Waals surface area contributed by atoms with Crippen LogP contribution in [0.4, 0.5) is 4.79 Å². The molecule has 1 saturated carbocycles. The number of hydrogen-bond acceptors (Lipinski definition) is 1. The Morgan fingerprint density at radius 3 is 2.57 bits per heavy atom. The Labute approximate surface area is 86.9 Å². The number of amides is 2. The van der Waals surface area contributed by atoms with Crippen LogP contribution < -0.4 is 5.32 Å². The standard InChI is InChI=1S/C11H22N2O/c1-4-13(3)11(14)12-9(2)10-7-5-6-8-10/h9-10H,4-8H2,1-3H3,(H,12,14). The highest BCUT2D eigenvalue weighted by atomic mass is 16.2. The highest BCUT2D eigenvalue weighted by molar-refractivity contribution is 5.74. The van der Waals surface area contributed by atoms with E-state index >= 15 is 0 Å². The molecule has 14 heavy (non-hydrogen) atoms. The van der Waals surface area contributed by atoms with Crippen LogP contribution in [0.5, 0.6) is 0 Å². The van der Waals surface area contributed by atoms with Crippen LogP contribution in [0.3, 0.4) is 0 Å². The fourth-order valence-electron chi connectivity index (χ4n) is 2.02. The van der Waals surface area contributed by atoms with E-state index in [0.717, 1.165) is 6.54 Å². The Morgan fingerprint density at radius 2 is 2.07 bits per heavy atom. The lowest BCUT2D eigenvalue weighted by Gasteiger charge is -2.23. The topological polar surface area (TPSA) is 32.3 Å². The van der Waals surface area contributed by atoms with E-state index in [1.807, 2.05) is 14.0 Å². The predicted molar refractivity (Wildman–Crippen MR) is 58.3 cm³/mol. The quantitative estimate of drug-likeness (QED) is 0.741. The minimum absolute atomic E-state index is 0.0619. The summed E-state index contributed by atoms with van der Waals surface area (Å²) < 4.78 is 0. The zero-order valence-corrected chi connectivity index (χ0v) is 9.55. The van der Waals surface area contributed by atoms with Gasteiger partial charge in [0.15, 0.2) is 0 Å². The summed E-state index contributed by atoms with van der Waals surface area (Å²) in [6.07, 6.45) is 5.21. The van der Waals surface area contributed by atoms with Gasteiger partial charge in [-0.3, -0.25) is 0 Å². The highest BCUT2D eigenvalue weighted by Gasteiger charge is 2.23. The Kier molecular flexibility index (Phi) is 4.23. The van der Waals surface area contributed by atoms with E-state index in [4.69, 9.17) is 0 Å². The van der Waals surface area contributed by atoms with E-state index in [-0.39, 0.29) is 6.03 Å². The van der Waals surface area contributed by atoms with E-state index in [1.54, 1.807) is 4.90 Å². The highest BCUT2D eigenvalue weighted by Crippen LogP contribution is 2.27. The lowest BCUT2D eigenvalue weighted by Crippen LogP contribution is -2.44. The maximum Gasteiger partial charge on any atom is 0.317 e. The first-order valence-electron chi connectivity index (χ1n) is 5.66. The molecule has 1 rings (SSSR count). The molecule has 0 saturated heterocycles. The molecule has 0 bridgehead atoms.